The molecule has 0 saturated heterocycles. The molecule has 1 aliphatic rings. The number of aliphatic hydroxyl groups excluding tert-OH is 1. The normalized spacial score (nSPS) is 16.5. The van der Waals surface area contributed by atoms with Gasteiger partial charge in [-0.1, -0.05) is 130 Å². The van der Waals surface area contributed by atoms with Gasteiger partial charge in [0, 0.05) is 19.4 Å². The molecule has 1 aliphatic carbocycles. The van der Waals surface area contributed by atoms with Gasteiger partial charge in [0.1, 0.15) is 12.2 Å². The van der Waals surface area contributed by atoms with E-state index in [9.17, 15) is 14.7 Å². The van der Waals surface area contributed by atoms with E-state index in [2.05, 4.69) is 25.7 Å². The van der Waals surface area contributed by atoms with Crippen molar-refractivity contribution in [2.75, 3.05) is 26.2 Å². The number of rotatable bonds is 34. The van der Waals surface area contributed by atoms with Crippen molar-refractivity contribution in [3.8, 4) is 0 Å². The zero-order chi connectivity index (χ0) is 34.9. The molecule has 0 aromatic heterocycles. The standard InChI is InChI=1S/C42H81NO5/c1-4-7-10-12-15-20-26-39(27-21-16-13-11-8-5-2)47-41(45)28-22-17-14-18-23-34-43(36-37-44)35-24-29-42(46)48-40-32-30-38(31-33-40)25-19-9-6-3/h38-40,44H,4-37H2,1-3H3. The second-order valence-corrected chi connectivity index (χ2v) is 15.0. The molecule has 0 spiro atoms. The van der Waals surface area contributed by atoms with E-state index in [0.717, 1.165) is 83.2 Å². The van der Waals surface area contributed by atoms with Crippen molar-refractivity contribution in [1.82, 2.24) is 4.90 Å². The number of carbonyl (C=O) groups is 2. The number of esters is 2. The zero-order valence-electron chi connectivity index (χ0n) is 32.3. The summed E-state index contributed by atoms with van der Waals surface area (Å²) in [4.78, 5) is 27.4. The third-order valence-electron chi connectivity index (χ3n) is 10.5. The van der Waals surface area contributed by atoms with Crippen molar-refractivity contribution in [3.05, 3.63) is 0 Å². The van der Waals surface area contributed by atoms with Crippen LogP contribution >= 0.6 is 0 Å². The Morgan fingerprint density at radius 2 is 1.08 bits per heavy atom. The molecule has 0 aliphatic heterocycles. The van der Waals surface area contributed by atoms with E-state index >= 15 is 0 Å². The molecule has 0 bridgehead atoms. The molecule has 0 unspecified atom stereocenters. The molecule has 0 aromatic carbocycles. The second kappa shape index (κ2) is 33.0. The maximum Gasteiger partial charge on any atom is 0.306 e. The van der Waals surface area contributed by atoms with Gasteiger partial charge < -0.3 is 19.5 Å². The lowest BCUT2D eigenvalue weighted by atomic mass is 9.84. The summed E-state index contributed by atoms with van der Waals surface area (Å²) in [6, 6.07) is 0. The smallest absolute Gasteiger partial charge is 0.306 e. The Morgan fingerprint density at radius 1 is 0.583 bits per heavy atom. The summed E-state index contributed by atoms with van der Waals surface area (Å²) in [6.45, 7) is 9.34. The van der Waals surface area contributed by atoms with Crippen LogP contribution in [-0.2, 0) is 19.1 Å². The summed E-state index contributed by atoms with van der Waals surface area (Å²) < 4.78 is 11.8. The molecule has 0 radical (unpaired) electrons. The minimum Gasteiger partial charge on any atom is -0.462 e. The van der Waals surface area contributed by atoms with E-state index < -0.39 is 0 Å². The molecule has 48 heavy (non-hydrogen) atoms. The van der Waals surface area contributed by atoms with Crippen LogP contribution in [0.25, 0.3) is 0 Å². The van der Waals surface area contributed by atoms with Crippen LogP contribution in [0.5, 0.6) is 0 Å². The van der Waals surface area contributed by atoms with Gasteiger partial charge in [0.15, 0.2) is 0 Å². The first-order valence-electron chi connectivity index (χ1n) is 21.2. The molecule has 0 heterocycles. The van der Waals surface area contributed by atoms with Crippen LogP contribution in [0.15, 0.2) is 0 Å². The minimum atomic E-state index is -0.0527. The summed E-state index contributed by atoms with van der Waals surface area (Å²) in [5, 5.41) is 9.54. The zero-order valence-corrected chi connectivity index (χ0v) is 32.3. The maximum atomic E-state index is 12.7. The van der Waals surface area contributed by atoms with Gasteiger partial charge in [0.2, 0.25) is 0 Å². The number of hydrogen-bond donors (Lipinski definition) is 1. The number of ether oxygens (including phenoxy) is 2. The van der Waals surface area contributed by atoms with Crippen LogP contribution in [0.2, 0.25) is 0 Å². The lowest BCUT2D eigenvalue weighted by molar-refractivity contribution is -0.151. The number of unbranched alkanes of at least 4 members (excludes halogenated alkanes) is 16. The van der Waals surface area contributed by atoms with Crippen LogP contribution < -0.4 is 0 Å². The summed E-state index contributed by atoms with van der Waals surface area (Å²) >= 11 is 0. The summed E-state index contributed by atoms with van der Waals surface area (Å²) in [7, 11) is 0. The van der Waals surface area contributed by atoms with Crippen molar-refractivity contribution < 1.29 is 24.2 Å². The first kappa shape index (κ1) is 44.9. The summed E-state index contributed by atoms with van der Waals surface area (Å²) in [5.41, 5.74) is 0. The van der Waals surface area contributed by atoms with Crippen LogP contribution in [0.3, 0.4) is 0 Å². The molecule has 1 fully saturated rings. The minimum absolute atomic E-state index is 0.000274. The van der Waals surface area contributed by atoms with E-state index in [0.29, 0.717) is 19.4 Å². The van der Waals surface area contributed by atoms with Crippen LogP contribution in [0.1, 0.15) is 213 Å². The van der Waals surface area contributed by atoms with Crippen molar-refractivity contribution in [1.29, 1.82) is 0 Å². The highest BCUT2D eigenvalue weighted by atomic mass is 16.5. The Morgan fingerprint density at radius 3 is 1.69 bits per heavy atom. The fraction of sp³-hybridized carbons (Fsp3) is 0.952. The topological polar surface area (TPSA) is 76.1 Å². The monoisotopic (exact) mass is 680 g/mol. The largest absolute Gasteiger partial charge is 0.462 e. The number of nitrogens with zero attached hydrogens (tertiary/aromatic N) is 1. The molecule has 1 saturated carbocycles. The first-order chi connectivity index (χ1) is 23.5. The van der Waals surface area contributed by atoms with Gasteiger partial charge in [-0.25, -0.2) is 0 Å². The highest BCUT2D eigenvalue weighted by Gasteiger charge is 2.23. The molecule has 0 atom stereocenters. The van der Waals surface area contributed by atoms with Crippen molar-refractivity contribution in [3.63, 3.8) is 0 Å². The summed E-state index contributed by atoms with van der Waals surface area (Å²) in [6.07, 6.45) is 34.4. The Labute approximate surface area is 298 Å². The number of carbonyl (C=O) groups excluding carboxylic acids is 2. The fourth-order valence-corrected chi connectivity index (χ4v) is 7.34. The highest BCUT2D eigenvalue weighted by Crippen LogP contribution is 2.30. The summed E-state index contributed by atoms with van der Waals surface area (Å²) in [5.74, 6) is 0.773. The Bertz CT molecular complexity index is 707. The third-order valence-corrected chi connectivity index (χ3v) is 10.5. The highest BCUT2D eigenvalue weighted by molar-refractivity contribution is 5.69. The Kier molecular flexibility index (Phi) is 30.9. The third kappa shape index (κ3) is 26.7. The van der Waals surface area contributed by atoms with E-state index in [1.807, 2.05) is 0 Å². The van der Waals surface area contributed by atoms with Gasteiger partial charge in [0.25, 0.3) is 0 Å². The molecule has 6 nitrogen and oxygen atoms in total. The maximum absolute atomic E-state index is 12.7. The Hall–Kier alpha value is -1.14. The molecule has 0 aromatic rings. The van der Waals surface area contributed by atoms with Crippen molar-refractivity contribution >= 4 is 11.9 Å². The van der Waals surface area contributed by atoms with Gasteiger partial charge in [0.05, 0.1) is 6.61 Å². The molecule has 0 amide bonds. The predicted molar refractivity (Wildman–Crippen MR) is 202 cm³/mol. The number of aliphatic hydroxyl groups is 1. The molecular formula is C42H81NO5. The molecular weight excluding hydrogens is 598 g/mol. The quantitative estimate of drug-likeness (QED) is 0.0539. The van der Waals surface area contributed by atoms with Crippen LogP contribution in [-0.4, -0.2) is 60.4 Å². The van der Waals surface area contributed by atoms with E-state index in [1.54, 1.807) is 0 Å². The van der Waals surface area contributed by atoms with Gasteiger partial charge in [-0.3, -0.25) is 9.59 Å². The first-order valence-corrected chi connectivity index (χ1v) is 21.2. The number of hydrogen-bond acceptors (Lipinski definition) is 6. The van der Waals surface area contributed by atoms with Crippen LogP contribution in [0, 0.1) is 5.92 Å². The molecule has 1 N–H and O–H groups in total. The average molecular weight is 680 g/mol. The fourth-order valence-electron chi connectivity index (χ4n) is 7.34. The molecule has 6 heteroatoms. The van der Waals surface area contributed by atoms with E-state index in [-0.39, 0.29) is 30.8 Å². The van der Waals surface area contributed by atoms with Crippen molar-refractivity contribution in [2.24, 2.45) is 5.92 Å². The van der Waals surface area contributed by atoms with Gasteiger partial charge in [-0.15, -0.1) is 0 Å². The SMILES string of the molecule is CCCCCCCCC(CCCCCCCC)OC(=O)CCCCCCCN(CCO)CCCC(=O)OC1CCC(CCCCC)CC1. The molecule has 1 rings (SSSR count). The lowest BCUT2D eigenvalue weighted by Crippen LogP contribution is -2.30. The second-order valence-electron chi connectivity index (χ2n) is 15.0. The molecule has 284 valence electrons. The lowest BCUT2D eigenvalue weighted by Gasteiger charge is -2.28. The van der Waals surface area contributed by atoms with Crippen LogP contribution in [0.4, 0.5) is 0 Å². The average Bonchev–Trinajstić information content (AvgIpc) is 3.08. The Balaban J connectivity index is 2.17. The van der Waals surface area contributed by atoms with E-state index in [1.165, 1.54) is 116 Å². The predicted octanol–water partition coefficient (Wildman–Crippen LogP) is 11.5. The van der Waals surface area contributed by atoms with E-state index in [4.69, 9.17) is 9.47 Å². The van der Waals surface area contributed by atoms with Gasteiger partial charge >= 0.3 is 11.9 Å². The van der Waals surface area contributed by atoms with Gasteiger partial charge in [-0.05, 0) is 89.6 Å². The van der Waals surface area contributed by atoms with Crippen molar-refractivity contribution in [2.45, 2.75) is 226 Å². The van der Waals surface area contributed by atoms with Gasteiger partial charge in [-0.2, -0.15) is 0 Å².